The van der Waals surface area contributed by atoms with E-state index in [1.165, 1.54) is 6.07 Å². The Labute approximate surface area is 116 Å². The Kier molecular flexibility index (Phi) is 4.55. The molecule has 1 aliphatic rings. The summed E-state index contributed by atoms with van der Waals surface area (Å²) in [5, 5.41) is 0. The van der Waals surface area contributed by atoms with Gasteiger partial charge in [-0.1, -0.05) is 6.07 Å². The molecule has 1 heterocycles. The first-order chi connectivity index (χ1) is 9.38. The van der Waals surface area contributed by atoms with E-state index in [1.54, 1.807) is 24.0 Å². The maximum absolute atomic E-state index is 13.2. The van der Waals surface area contributed by atoms with Crippen molar-refractivity contribution in [3.05, 3.63) is 29.3 Å². The molecule has 1 saturated heterocycles. The van der Waals surface area contributed by atoms with E-state index in [4.69, 9.17) is 10.5 Å². The second-order valence-corrected chi connectivity index (χ2v) is 5.13. The van der Waals surface area contributed by atoms with Crippen LogP contribution < -0.4 is 10.6 Å². The number of rotatable bonds is 3. The van der Waals surface area contributed by atoms with E-state index in [9.17, 15) is 13.2 Å². The van der Waals surface area contributed by atoms with Crippen molar-refractivity contribution in [1.82, 2.24) is 0 Å². The summed E-state index contributed by atoms with van der Waals surface area (Å²) in [5.41, 5.74) is 5.92. The van der Waals surface area contributed by atoms with Gasteiger partial charge in [0.15, 0.2) is 0 Å². The lowest BCUT2D eigenvalue weighted by Crippen LogP contribution is -2.37. The molecule has 1 aliphatic heterocycles. The van der Waals surface area contributed by atoms with Gasteiger partial charge >= 0.3 is 6.18 Å². The van der Waals surface area contributed by atoms with Crippen LogP contribution in [-0.2, 0) is 17.3 Å². The van der Waals surface area contributed by atoms with Crippen LogP contribution >= 0.6 is 0 Å². The average molecular weight is 288 g/mol. The van der Waals surface area contributed by atoms with Crippen LogP contribution in [0.5, 0.6) is 0 Å². The molecule has 0 saturated carbocycles. The van der Waals surface area contributed by atoms with Crippen LogP contribution in [0.3, 0.4) is 0 Å². The van der Waals surface area contributed by atoms with E-state index in [0.29, 0.717) is 38.3 Å². The van der Waals surface area contributed by atoms with Crippen LogP contribution in [0.25, 0.3) is 0 Å². The van der Waals surface area contributed by atoms with Crippen LogP contribution in [0.15, 0.2) is 18.2 Å². The number of ether oxygens (including phenoxy) is 1. The van der Waals surface area contributed by atoms with Gasteiger partial charge in [0.25, 0.3) is 0 Å². The number of nitrogens with two attached hydrogens (primary N) is 1. The zero-order valence-electron chi connectivity index (χ0n) is 11.4. The van der Waals surface area contributed by atoms with Gasteiger partial charge in [-0.3, -0.25) is 0 Å². The van der Waals surface area contributed by atoms with Gasteiger partial charge in [-0.25, -0.2) is 0 Å². The van der Waals surface area contributed by atoms with Gasteiger partial charge in [-0.15, -0.1) is 0 Å². The lowest BCUT2D eigenvalue weighted by Gasteiger charge is -2.31. The predicted molar refractivity (Wildman–Crippen MR) is 71.8 cm³/mol. The van der Waals surface area contributed by atoms with Crippen molar-refractivity contribution in [3.63, 3.8) is 0 Å². The number of anilines is 1. The first-order valence-corrected chi connectivity index (χ1v) is 6.66. The molecule has 0 radical (unpaired) electrons. The first kappa shape index (κ1) is 15.1. The molecule has 1 fully saturated rings. The monoisotopic (exact) mass is 288 g/mol. The number of hydrogen-bond donors (Lipinski definition) is 1. The summed E-state index contributed by atoms with van der Waals surface area (Å²) in [5.74, 6) is 0. The molecule has 0 spiro atoms. The lowest BCUT2D eigenvalue weighted by atomic mass is 10.0. The Morgan fingerprint density at radius 3 is 2.50 bits per heavy atom. The number of halogens is 3. The molecule has 3 nitrogen and oxygen atoms in total. The van der Waals surface area contributed by atoms with Crippen molar-refractivity contribution in [2.24, 2.45) is 5.73 Å². The Balaban J connectivity index is 2.34. The van der Waals surface area contributed by atoms with E-state index in [-0.39, 0.29) is 11.7 Å². The number of benzene rings is 1. The van der Waals surface area contributed by atoms with Crippen molar-refractivity contribution >= 4 is 5.69 Å². The minimum absolute atomic E-state index is 0.162. The van der Waals surface area contributed by atoms with Gasteiger partial charge in [0.1, 0.15) is 0 Å². The highest BCUT2D eigenvalue weighted by Crippen LogP contribution is 2.37. The minimum atomic E-state index is -4.36. The molecule has 20 heavy (non-hydrogen) atoms. The molecule has 6 heteroatoms. The summed E-state index contributed by atoms with van der Waals surface area (Å²) in [6.45, 7) is 3.66. The van der Waals surface area contributed by atoms with E-state index >= 15 is 0 Å². The molecule has 0 aromatic heterocycles. The third kappa shape index (κ3) is 3.64. The number of morpholine rings is 1. The molecule has 1 aromatic carbocycles. The van der Waals surface area contributed by atoms with Gasteiger partial charge in [-0.05, 0) is 31.0 Å². The van der Waals surface area contributed by atoms with Gasteiger partial charge in [0, 0.05) is 24.8 Å². The number of nitrogens with zero attached hydrogens (tertiary/aromatic N) is 1. The molecule has 1 unspecified atom stereocenters. The summed E-state index contributed by atoms with van der Waals surface area (Å²) in [6.07, 6.45) is -3.92. The molecule has 2 rings (SSSR count). The Bertz CT molecular complexity index is 454. The quantitative estimate of drug-likeness (QED) is 0.928. The Hall–Kier alpha value is -1.27. The highest BCUT2D eigenvalue weighted by Gasteiger charge is 2.35. The molecule has 112 valence electrons. The van der Waals surface area contributed by atoms with Gasteiger partial charge in [0.05, 0.1) is 18.8 Å². The van der Waals surface area contributed by atoms with Crippen molar-refractivity contribution in [3.8, 4) is 0 Å². The van der Waals surface area contributed by atoms with E-state index < -0.39 is 11.7 Å². The second-order valence-electron chi connectivity index (χ2n) is 5.13. The standard InChI is InChI=1S/C14H19F3N2O/c1-10(18)8-11-2-3-13(12(9-11)14(15,16)17)19-4-6-20-7-5-19/h2-3,9-10H,4-8,18H2,1H3. The largest absolute Gasteiger partial charge is 0.418 e. The fourth-order valence-electron chi connectivity index (χ4n) is 2.39. The van der Waals surface area contributed by atoms with Crippen LogP contribution in [0.4, 0.5) is 18.9 Å². The average Bonchev–Trinajstić information content (AvgIpc) is 2.38. The van der Waals surface area contributed by atoms with E-state index in [2.05, 4.69) is 0 Å². The molecular weight excluding hydrogens is 269 g/mol. The molecule has 0 aliphatic carbocycles. The fraction of sp³-hybridized carbons (Fsp3) is 0.571. The van der Waals surface area contributed by atoms with Crippen LogP contribution in [0.1, 0.15) is 18.1 Å². The maximum Gasteiger partial charge on any atom is 0.418 e. The molecule has 2 N–H and O–H groups in total. The lowest BCUT2D eigenvalue weighted by molar-refractivity contribution is -0.137. The summed E-state index contributed by atoms with van der Waals surface area (Å²) >= 11 is 0. The summed E-state index contributed by atoms with van der Waals surface area (Å²) < 4.78 is 44.9. The summed E-state index contributed by atoms with van der Waals surface area (Å²) in [6, 6.07) is 4.33. The Morgan fingerprint density at radius 1 is 1.30 bits per heavy atom. The highest BCUT2D eigenvalue weighted by molar-refractivity contribution is 5.56. The van der Waals surface area contributed by atoms with Crippen LogP contribution in [0.2, 0.25) is 0 Å². The van der Waals surface area contributed by atoms with Gasteiger partial charge < -0.3 is 15.4 Å². The first-order valence-electron chi connectivity index (χ1n) is 6.66. The van der Waals surface area contributed by atoms with E-state index in [1.807, 2.05) is 0 Å². The number of alkyl halides is 3. The van der Waals surface area contributed by atoms with Crippen molar-refractivity contribution in [2.75, 3.05) is 31.2 Å². The highest BCUT2D eigenvalue weighted by atomic mass is 19.4. The normalized spacial score (nSPS) is 18.1. The Morgan fingerprint density at radius 2 is 1.95 bits per heavy atom. The third-order valence-electron chi connectivity index (χ3n) is 3.28. The number of hydrogen-bond acceptors (Lipinski definition) is 3. The maximum atomic E-state index is 13.2. The third-order valence-corrected chi connectivity index (χ3v) is 3.28. The summed E-state index contributed by atoms with van der Waals surface area (Å²) in [7, 11) is 0. The summed E-state index contributed by atoms with van der Waals surface area (Å²) in [4.78, 5) is 1.72. The van der Waals surface area contributed by atoms with Crippen molar-refractivity contribution < 1.29 is 17.9 Å². The molecule has 1 atom stereocenters. The zero-order valence-corrected chi connectivity index (χ0v) is 11.4. The molecule has 0 bridgehead atoms. The SMILES string of the molecule is CC(N)Cc1ccc(N2CCOCC2)c(C(F)(F)F)c1. The van der Waals surface area contributed by atoms with Crippen LogP contribution in [-0.4, -0.2) is 32.3 Å². The second kappa shape index (κ2) is 6.01. The topological polar surface area (TPSA) is 38.5 Å². The predicted octanol–water partition coefficient (Wildman–Crippen LogP) is 2.43. The van der Waals surface area contributed by atoms with Crippen molar-refractivity contribution in [1.29, 1.82) is 0 Å². The smallest absolute Gasteiger partial charge is 0.378 e. The van der Waals surface area contributed by atoms with Gasteiger partial charge in [-0.2, -0.15) is 13.2 Å². The molecular formula is C14H19F3N2O. The molecule has 1 aromatic rings. The zero-order chi connectivity index (χ0) is 14.8. The molecule has 0 amide bonds. The van der Waals surface area contributed by atoms with Crippen molar-refractivity contribution in [2.45, 2.75) is 25.6 Å². The van der Waals surface area contributed by atoms with Crippen LogP contribution in [0, 0.1) is 0 Å². The fourth-order valence-corrected chi connectivity index (χ4v) is 2.39. The van der Waals surface area contributed by atoms with Gasteiger partial charge in [0.2, 0.25) is 0 Å². The minimum Gasteiger partial charge on any atom is -0.378 e. The van der Waals surface area contributed by atoms with E-state index in [0.717, 1.165) is 0 Å².